The van der Waals surface area contributed by atoms with Gasteiger partial charge in [-0.3, -0.25) is 14.3 Å². The summed E-state index contributed by atoms with van der Waals surface area (Å²) >= 11 is 0. The highest BCUT2D eigenvalue weighted by molar-refractivity contribution is 5.99. The fourth-order valence-corrected chi connectivity index (χ4v) is 5.38. The van der Waals surface area contributed by atoms with Crippen LogP contribution >= 0.6 is 0 Å². The number of rotatable bonds is 7. The average molecular weight is 479 g/mol. The molecule has 0 unspecified atom stereocenters. The van der Waals surface area contributed by atoms with Gasteiger partial charge in [-0.15, -0.1) is 0 Å². The number of benzene rings is 1. The Balaban J connectivity index is 1.42. The fraction of sp³-hybridized carbons (Fsp3) is 0.607. The second-order valence-corrected chi connectivity index (χ2v) is 11.0. The molecule has 2 aromatic rings. The number of amides is 2. The van der Waals surface area contributed by atoms with Crippen molar-refractivity contribution in [2.24, 2.45) is 0 Å². The van der Waals surface area contributed by atoms with E-state index < -0.39 is 5.54 Å². The lowest BCUT2D eigenvalue weighted by atomic mass is 9.93. The van der Waals surface area contributed by atoms with Crippen molar-refractivity contribution in [3.63, 3.8) is 0 Å². The van der Waals surface area contributed by atoms with Gasteiger partial charge in [0.05, 0.1) is 18.3 Å². The van der Waals surface area contributed by atoms with Crippen molar-refractivity contribution in [3.05, 3.63) is 47.3 Å². The van der Waals surface area contributed by atoms with Crippen LogP contribution in [-0.2, 0) is 17.9 Å². The SMILES string of the molecule is CC(C)Oc1ccc(CN2C(=O)c3cc(C4CC4)nn3C[C@]2(C)C(=O)NC2CCCCCC2)cc1. The molecule has 5 rings (SSSR count). The van der Waals surface area contributed by atoms with Gasteiger partial charge in [-0.05, 0) is 70.2 Å². The molecule has 3 aliphatic rings. The molecule has 0 spiro atoms. The third-order valence-corrected chi connectivity index (χ3v) is 7.63. The fourth-order valence-electron chi connectivity index (χ4n) is 5.38. The Morgan fingerprint density at radius 1 is 1.11 bits per heavy atom. The lowest BCUT2D eigenvalue weighted by Crippen LogP contribution is -2.64. The summed E-state index contributed by atoms with van der Waals surface area (Å²) in [5.74, 6) is 1.05. The summed E-state index contributed by atoms with van der Waals surface area (Å²) < 4.78 is 7.55. The summed E-state index contributed by atoms with van der Waals surface area (Å²) in [5, 5.41) is 8.07. The maximum atomic E-state index is 13.8. The van der Waals surface area contributed by atoms with E-state index in [9.17, 15) is 9.59 Å². The number of carbonyl (C=O) groups excluding carboxylic acids is 2. The van der Waals surface area contributed by atoms with Crippen LogP contribution < -0.4 is 10.1 Å². The molecule has 2 fully saturated rings. The zero-order valence-corrected chi connectivity index (χ0v) is 21.3. The largest absolute Gasteiger partial charge is 0.491 e. The number of hydrogen-bond acceptors (Lipinski definition) is 4. The van der Waals surface area contributed by atoms with Gasteiger partial charge in [-0.1, -0.05) is 37.8 Å². The van der Waals surface area contributed by atoms with E-state index in [4.69, 9.17) is 9.84 Å². The van der Waals surface area contributed by atoms with Crippen LogP contribution in [0.5, 0.6) is 5.75 Å². The van der Waals surface area contributed by atoms with E-state index in [1.165, 1.54) is 12.8 Å². The molecule has 2 amide bonds. The van der Waals surface area contributed by atoms with Crippen molar-refractivity contribution >= 4 is 11.8 Å². The van der Waals surface area contributed by atoms with Gasteiger partial charge in [0.15, 0.2) is 0 Å². The van der Waals surface area contributed by atoms with Crippen LogP contribution in [0.3, 0.4) is 0 Å². The van der Waals surface area contributed by atoms with Crippen molar-refractivity contribution in [3.8, 4) is 5.75 Å². The number of fused-ring (bicyclic) bond motifs is 1. The first-order valence-electron chi connectivity index (χ1n) is 13.3. The summed E-state index contributed by atoms with van der Waals surface area (Å²) in [5.41, 5.74) is 1.53. The van der Waals surface area contributed by atoms with Crippen LogP contribution in [0.4, 0.5) is 0 Å². The summed E-state index contributed by atoms with van der Waals surface area (Å²) in [4.78, 5) is 29.4. The van der Waals surface area contributed by atoms with E-state index in [-0.39, 0.29) is 24.0 Å². The molecule has 1 N–H and O–H groups in total. The maximum Gasteiger partial charge on any atom is 0.273 e. The van der Waals surface area contributed by atoms with Gasteiger partial charge in [0.25, 0.3) is 5.91 Å². The second-order valence-electron chi connectivity index (χ2n) is 11.0. The highest BCUT2D eigenvalue weighted by Gasteiger charge is 2.48. The topological polar surface area (TPSA) is 76.5 Å². The number of nitrogens with zero attached hydrogens (tertiary/aromatic N) is 3. The van der Waals surface area contributed by atoms with Crippen LogP contribution in [0.25, 0.3) is 0 Å². The maximum absolute atomic E-state index is 13.8. The van der Waals surface area contributed by atoms with E-state index in [1.807, 2.05) is 51.1 Å². The molecule has 0 bridgehead atoms. The molecule has 0 radical (unpaired) electrons. The molecule has 7 nitrogen and oxygen atoms in total. The quantitative estimate of drug-likeness (QED) is 0.580. The van der Waals surface area contributed by atoms with Crippen molar-refractivity contribution in [2.45, 2.75) is 109 Å². The molecule has 188 valence electrons. The Morgan fingerprint density at radius 3 is 2.43 bits per heavy atom. The Labute approximate surface area is 208 Å². The molecule has 1 atom stereocenters. The number of carbonyl (C=O) groups is 2. The number of nitrogens with one attached hydrogen (secondary N) is 1. The van der Waals surface area contributed by atoms with Crippen LogP contribution in [0.15, 0.2) is 30.3 Å². The predicted octanol–water partition coefficient (Wildman–Crippen LogP) is 4.80. The third kappa shape index (κ3) is 5.09. The Morgan fingerprint density at radius 2 is 1.80 bits per heavy atom. The molecule has 2 saturated carbocycles. The highest BCUT2D eigenvalue weighted by Crippen LogP contribution is 2.41. The van der Waals surface area contributed by atoms with Gasteiger partial charge in [0.2, 0.25) is 5.91 Å². The van der Waals surface area contributed by atoms with E-state index >= 15 is 0 Å². The number of ether oxygens (including phenoxy) is 1. The molecule has 1 aromatic heterocycles. The lowest BCUT2D eigenvalue weighted by molar-refractivity contribution is -0.134. The standard InChI is InChI=1S/C28H38N4O3/c1-19(2)35-23-14-10-20(11-15-23)17-31-26(33)25-16-24(21-12-13-21)30-32(25)18-28(31,3)27(34)29-22-8-6-4-5-7-9-22/h10-11,14-16,19,21-22H,4-9,12-13,17-18H2,1-3H3,(H,29,34)/t28-/m1/s1. The van der Waals surface area contributed by atoms with Crippen LogP contribution in [-0.4, -0.2) is 44.2 Å². The van der Waals surface area contributed by atoms with Gasteiger partial charge < -0.3 is 15.0 Å². The Bertz CT molecular complexity index is 1060. The summed E-state index contributed by atoms with van der Waals surface area (Å²) in [7, 11) is 0. The van der Waals surface area contributed by atoms with E-state index in [1.54, 1.807) is 9.58 Å². The van der Waals surface area contributed by atoms with Gasteiger partial charge in [-0.25, -0.2) is 0 Å². The molecule has 1 aromatic carbocycles. The molecule has 1 aliphatic heterocycles. The van der Waals surface area contributed by atoms with Crippen LogP contribution in [0, 0.1) is 0 Å². The molecule has 35 heavy (non-hydrogen) atoms. The summed E-state index contributed by atoms with van der Waals surface area (Å²) in [6, 6.07) is 9.94. The Hall–Kier alpha value is -2.83. The van der Waals surface area contributed by atoms with Crippen molar-refractivity contribution in [2.75, 3.05) is 0 Å². The predicted molar refractivity (Wildman–Crippen MR) is 134 cm³/mol. The minimum absolute atomic E-state index is 0.0772. The first-order valence-corrected chi connectivity index (χ1v) is 13.3. The van der Waals surface area contributed by atoms with E-state index in [0.29, 0.717) is 24.7 Å². The van der Waals surface area contributed by atoms with Gasteiger partial charge in [-0.2, -0.15) is 5.10 Å². The lowest BCUT2D eigenvalue weighted by Gasteiger charge is -2.44. The normalized spacial score (nSPS) is 23.2. The minimum atomic E-state index is -1.02. The first kappa shape index (κ1) is 23.9. The van der Waals surface area contributed by atoms with Crippen molar-refractivity contribution < 1.29 is 14.3 Å². The second kappa shape index (κ2) is 9.67. The van der Waals surface area contributed by atoms with Gasteiger partial charge >= 0.3 is 0 Å². The highest BCUT2D eigenvalue weighted by atomic mass is 16.5. The number of hydrogen-bond donors (Lipinski definition) is 1. The zero-order valence-electron chi connectivity index (χ0n) is 21.3. The summed E-state index contributed by atoms with van der Waals surface area (Å²) in [6.07, 6.45) is 9.10. The van der Waals surface area contributed by atoms with Gasteiger partial charge in [0.1, 0.15) is 17.0 Å². The molecular formula is C28H38N4O3. The molecule has 0 saturated heterocycles. The molecular weight excluding hydrogens is 440 g/mol. The molecule has 7 heteroatoms. The van der Waals surface area contributed by atoms with Crippen molar-refractivity contribution in [1.82, 2.24) is 20.0 Å². The van der Waals surface area contributed by atoms with Crippen molar-refractivity contribution in [1.29, 1.82) is 0 Å². The summed E-state index contributed by atoms with van der Waals surface area (Å²) in [6.45, 7) is 6.62. The van der Waals surface area contributed by atoms with E-state index in [0.717, 1.165) is 55.5 Å². The Kier molecular flexibility index (Phi) is 6.60. The van der Waals surface area contributed by atoms with E-state index in [2.05, 4.69) is 5.32 Å². The van der Waals surface area contributed by atoms with Crippen LogP contribution in [0.2, 0.25) is 0 Å². The van der Waals surface area contributed by atoms with Crippen LogP contribution in [0.1, 0.15) is 99.8 Å². The first-order chi connectivity index (χ1) is 16.8. The average Bonchev–Trinajstić information content (AvgIpc) is 3.62. The smallest absolute Gasteiger partial charge is 0.273 e. The monoisotopic (exact) mass is 478 g/mol. The molecule has 2 heterocycles. The van der Waals surface area contributed by atoms with Gasteiger partial charge in [0, 0.05) is 18.5 Å². The third-order valence-electron chi connectivity index (χ3n) is 7.63. The number of aromatic nitrogens is 2. The minimum Gasteiger partial charge on any atom is -0.491 e. The zero-order chi connectivity index (χ0) is 24.6. The molecule has 2 aliphatic carbocycles.